The highest BCUT2D eigenvalue weighted by atomic mass is 16.5. The van der Waals surface area contributed by atoms with Gasteiger partial charge >= 0.3 is 5.97 Å². The number of benzene rings is 1. The van der Waals surface area contributed by atoms with Gasteiger partial charge in [0, 0.05) is 5.56 Å². The Morgan fingerprint density at radius 2 is 2.18 bits per heavy atom. The van der Waals surface area contributed by atoms with Gasteiger partial charge in [-0.3, -0.25) is 4.79 Å². The summed E-state index contributed by atoms with van der Waals surface area (Å²) in [4.78, 5) is 11.3. The maximum atomic E-state index is 11.3. The monoisotopic (exact) mass is 237 g/mol. The highest BCUT2D eigenvalue weighted by molar-refractivity contribution is 5.74. The molecule has 1 aromatic rings. The minimum Gasteiger partial charge on any atom is -0.496 e. The first-order valence-corrected chi connectivity index (χ1v) is 5.66. The molecule has 0 radical (unpaired) electrons. The fourth-order valence-electron chi connectivity index (χ4n) is 1.44. The molecule has 1 unspecified atom stereocenters. The van der Waals surface area contributed by atoms with Crippen LogP contribution < -0.4 is 10.5 Å². The van der Waals surface area contributed by atoms with Crippen molar-refractivity contribution in [2.75, 3.05) is 7.11 Å². The number of aryl methyl sites for hydroxylation is 1. The zero-order chi connectivity index (χ0) is 12.8. The molecule has 0 aliphatic rings. The molecule has 0 heterocycles. The topological polar surface area (TPSA) is 61.5 Å². The molecule has 94 valence electrons. The summed E-state index contributed by atoms with van der Waals surface area (Å²) >= 11 is 0. The minimum atomic E-state index is -0.602. The van der Waals surface area contributed by atoms with Crippen LogP contribution in [-0.2, 0) is 22.6 Å². The first-order valence-electron chi connectivity index (χ1n) is 5.66. The van der Waals surface area contributed by atoms with Crippen LogP contribution in [0.2, 0.25) is 0 Å². The van der Waals surface area contributed by atoms with E-state index in [1.807, 2.05) is 18.2 Å². The Balaban J connectivity index is 2.77. The van der Waals surface area contributed by atoms with E-state index in [-0.39, 0.29) is 6.61 Å². The normalized spacial score (nSPS) is 12.0. The number of esters is 1. The van der Waals surface area contributed by atoms with Gasteiger partial charge in [-0.15, -0.1) is 0 Å². The third-order valence-corrected chi connectivity index (χ3v) is 2.49. The molecule has 0 bridgehead atoms. The lowest BCUT2D eigenvalue weighted by Crippen LogP contribution is -2.28. The van der Waals surface area contributed by atoms with Crippen molar-refractivity contribution in [1.82, 2.24) is 0 Å². The lowest BCUT2D eigenvalue weighted by Gasteiger charge is -2.11. The minimum absolute atomic E-state index is 0.192. The summed E-state index contributed by atoms with van der Waals surface area (Å²) in [5, 5.41) is 0. The van der Waals surface area contributed by atoms with Crippen molar-refractivity contribution in [2.24, 2.45) is 5.73 Å². The van der Waals surface area contributed by atoms with Gasteiger partial charge in [0.1, 0.15) is 18.4 Å². The van der Waals surface area contributed by atoms with E-state index in [0.29, 0.717) is 0 Å². The second kappa shape index (κ2) is 6.25. The van der Waals surface area contributed by atoms with Crippen molar-refractivity contribution in [2.45, 2.75) is 32.9 Å². The van der Waals surface area contributed by atoms with Gasteiger partial charge in [0.05, 0.1) is 7.11 Å². The number of hydrogen-bond donors (Lipinski definition) is 1. The third-order valence-electron chi connectivity index (χ3n) is 2.49. The fraction of sp³-hybridized carbons (Fsp3) is 0.462. The van der Waals surface area contributed by atoms with Gasteiger partial charge in [-0.1, -0.05) is 13.0 Å². The average Bonchev–Trinajstić information content (AvgIpc) is 2.35. The fourth-order valence-corrected chi connectivity index (χ4v) is 1.44. The van der Waals surface area contributed by atoms with Crippen molar-refractivity contribution in [3.05, 3.63) is 29.3 Å². The Bertz CT molecular complexity index is 388. The molecule has 0 aliphatic heterocycles. The van der Waals surface area contributed by atoms with Crippen molar-refractivity contribution in [1.29, 1.82) is 0 Å². The van der Waals surface area contributed by atoms with E-state index < -0.39 is 12.0 Å². The molecule has 0 saturated heterocycles. The van der Waals surface area contributed by atoms with Gasteiger partial charge in [-0.2, -0.15) is 0 Å². The number of rotatable bonds is 5. The Labute approximate surface area is 102 Å². The van der Waals surface area contributed by atoms with Crippen molar-refractivity contribution in [3.63, 3.8) is 0 Å². The number of nitrogens with two attached hydrogens (primary N) is 1. The second-order valence-corrected chi connectivity index (χ2v) is 3.90. The summed E-state index contributed by atoms with van der Waals surface area (Å²) in [6, 6.07) is 5.26. The number of carbonyl (C=O) groups excluding carboxylic acids is 1. The number of methoxy groups -OCH3 is 1. The van der Waals surface area contributed by atoms with E-state index in [1.165, 1.54) is 5.56 Å². The van der Waals surface area contributed by atoms with Crippen LogP contribution in [0.5, 0.6) is 5.75 Å². The van der Waals surface area contributed by atoms with Gasteiger partial charge in [0.2, 0.25) is 0 Å². The average molecular weight is 237 g/mol. The maximum Gasteiger partial charge on any atom is 0.322 e. The largest absolute Gasteiger partial charge is 0.496 e. The molecule has 17 heavy (non-hydrogen) atoms. The van der Waals surface area contributed by atoms with E-state index in [0.717, 1.165) is 17.7 Å². The molecule has 1 rings (SSSR count). The molecular formula is C13H19NO3. The number of ether oxygens (including phenoxy) is 2. The Hall–Kier alpha value is -1.55. The highest BCUT2D eigenvalue weighted by Gasteiger charge is 2.11. The summed E-state index contributed by atoms with van der Waals surface area (Å²) < 4.78 is 10.3. The quantitative estimate of drug-likeness (QED) is 0.791. The van der Waals surface area contributed by atoms with Gasteiger partial charge in [-0.25, -0.2) is 0 Å². The van der Waals surface area contributed by atoms with Crippen molar-refractivity contribution < 1.29 is 14.3 Å². The van der Waals surface area contributed by atoms with Gasteiger partial charge in [-0.05, 0) is 31.0 Å². The van der Waals surface area contributed by atoms with Crippen molar-refractivity contribution in [3.8, 4) is 5.75 Å². The van der Waals surface area contributed by atoms with Crippen LogP contribution in [-0.4, -0.2) is 19.1 Å². The molecule has 0 spiro atoms. The summed E-state index contributed by atoms with van der Waals surface area (Å²) in [6.45, 7) is 3.86. The first kappa shape index (κ1) is 13.5. The molecule has 4 heteroatoms. The molecular weight excluding hydrogens is 218 g/mol. The zero-order valence-electron chi connectivity index (χ0n) is 10.5. The van der Waals surface area contributed by atoms with Crippen LogP contribution in [0.25, 0.3) is 0 Å². The van der Waals surface area contributed by atoms with E-state index in [2.05, 4.69) is 6.92 Å². The van der Waals surface area contributed by atoms with Crippen LogP contribution in [0.3, 0.4) is 0 Å². The molecule has 0 aromatic heterocycles. The van der Waals surface area contributed by atoms with Crippen LogP contribution in [0.1, 0.15) is 25.0 Å². The SMILES string of the molecule is CCc1ccc(OC)c(COC(=O)C(C)N)c1. The number of hydrogen-bond acceptors (Lipinski definition) is 4. The molecule has 2 N–H and O–H groups in total. The summed E-state index contributed by atoms with van der Waals surface area (Å²) in [7, 11) is 1.60. The third kappa shape index (κ3) is 3.75. The Morgan fingerprint density at radius 3 is 2.71 bits per heavy atom. The summed E-state index contributed by atoms with van der Waals surface area (Å²) in [5.41, 5.74) is 7.46. The Kier molecular flexibility index (Phi) is 4.97. The van der Waals surface area contributed by atoms with Crippen molar-refractivity contribution >= 4 is 5.97 Å². The van der Waals surface area contributed by atoms with Gasteiger partial charge < -0.3 is 15.2 Å². The molecule has 0 amide bonds. The zero-order valence-corrected chi connectivity index (χ0v) is 10.5. The number of carbonyl (C=O) groups is 1. The van der Waals surface area contributed by atoms with Crippen LogP contribution in [0, 0.1) is 0 Å². The molecule has 0 fully saturated rings. The van der Waals surface area contributed by atoms with E-state index in [9.17, 15) is 4.79 Å². The summed E-state index contributed by atoms with van der Waals surface area (Å²) in [6.07, 6.45) is 0.929. The van der Waals surface area contributed by atoms with Crippen LogP contribution in [0.4, 0.5) is 0 Å². The lowest BCUT2D eigenvalue weighted by atomic mass is 10.1. The van der Waals surface area contributed by atoms with Gasteiger partial charge in [0.25, 0.3) is 0 Å². The smallest absolute Gasteiger partial charge is 0.322 e. The lowest BCUT2D eigenvalue weighted by molar-refractivity contribution is -0.146. The second-order valence-electron chi connectivity index (χ2n) is 3.90. The predicted molar refractivity (Wildman–Crippen MR) is 65.8 cm³/mol. The Morgan fingerprint density at radius 1 is 1.47 bits per heavy atom. The van der Waals surface area contributed by atoms with Gasteiger partial charge in [0.15, 0.2) is 0 Å². The predicted octanol–water partition coefficient (Wildman–Crippen LogP) is 1.65. The highest BCUT2D eigenvalue weighted by Crippen LogP contribution is 2.21. The molecule has 0 aliphatic carbocycles. The molecule has 1 atom stereocenters. The molecule has 0 saturated carbocycles. The summed E-state index contributed by atoms with van der Waals surface area (Å²) in [5.74, 6) is 0.314. The van der Waals surface area contributed by atoms with Crippen LogP contribution >= 0.6 is 0 Å². The maximum absolute atomic E-state index is 11.3. The molecule has 1 aromatic carbocycles. The standard InChI is InChI=1S/C13H19NO3/c1-4-10-5-6-12(16-3)11(7-10)8-17-13(15)9(2)14/h5-7,9H,4,8,14H2,1-3H3. The van der Waals surface area contributed by atoms with E-state index >= 15 is 0 Å². The molecule has 4 nitrogen and oxygen atoms in total. The van der Waals surface area contributed by atoms with Crippen LogP contribution in [0.15, 0.2) is 18.2 Å². The first-order chi connectivity index (χ1) is 8.08. The van der Waals surface area contributed by atoms with E-state index in [1.54, 1.807) is 14.0 Å². The van der Waals surface area contributed by atoms with E-state index in [4.69, 9.17) is 15.2 Å².